The topological polar surface area (TPSA) is 26.0 Å². The van der Waals surface area contributed by atoms with E-state index < -0.39 is 0 Å². The van der Waals surface area contributed by atoms with Gasteiger partial charge in [-0.2, -0.15) is 0 Å². The van der Waals surface area contributed by atoms with Crippen molar-refractivity contribution in [3.63, 3.8) is 0 Å². The molecular formula is C21H14BrNO. The van der Waals surface area contributed by atoms with Gasteiger partial charge in [-0.05, 0) is 42.5 Å². The molecule has 0 N–H and O–H groups in total. The fourth-order valence-corrected chi connectivity index (χ4v) is 3.07. The Morgan fingerprint density at radius 2 is 1.62 bits per heavy atom. The highest BCUT2D eigenvalue weighted by atomic mass is 79.9. The van der Waals surface area contributed by atoms with Gasteiger partial charge in [-0.15, -0.1) is 0 Å². The first kappa shape index (κ1) is 14.9. The fraction of sp³-hybridized carbons (Fsp3) is 0. The summed E-state index contributed by atoms with van der Waals surface area (Å²) in [5.41, 5.74) is 2.95. The first-order chi connectivity index (χ1) is 11.8. The average molecular weight is 376 g/mol. The van der Waals surface area contributed by atoms with Gasteiger partial charge in [0, 0.05) is 15.4 Å². The van der Waals surface area contributed by atoms with E-state index in [0.717, 1.165) is 38.2 Å². The number of pyridine rings is 1. The van der Waals surface area contributed by atoms with Crippen LogP contribution in [0.4, 0.5) is 0 Å². The molecule has 0 amide bonds. The van der Waals surface area contributed by atoms with Gasteiger partial charge in [0.1, 0.15) is 11.5 Å². The van der Waals surface area contributed by atoms with Crippen molar-refractivity contribution in [2.75, 3.05) is 0 Å². The van der Waals surface area contributed by atoms with Gasteiger partial charge in [-0.25, -0.2) is 4.98 Å². The minimum atomic E-state index is 0.802. The number of aromatic nitrogens is 1. The van der Waals surface area contributed by atoms with Crippen molar-refractivity contribution in [3.05, 3.63) is 88.7 Å². The third kappa shape index (κ3) is 3.03. The molecule has 2 nitrogen and oxygen atoms in total. The molecule has 116 valence electrons. The molecule has 0 saturated carbocycles. The van der Waals surface area contributed by atoms with Crippen LogP contribution in [0.5, 0.6) is 0 Å². The molecule has 0 unspecified atom stereocenters. The lowest BCUT2D eigenvalue weighted by atomic mass is 10.2. The monoisotopic (exact) mass is 375 g/mol. The summed E-state index contributed by atoms with van der Waals surface area (Å²) in [6, 6.07) is 24.2. The van der Waals surface area contributed by atoms with Crippen molar-refractivity contribution in [1.29, 1.82) is 0 Å². The van der Waals surface area contributed by atoms with Crippen LogP contribution in [0, 0.1) is 0 Å². The van der Waals surface area contributed by atoms with Crippen LogP contribution in [0.2, 0.25) is 0 Å². The summed E-state index contributed by atoms with van der Waals surface area (Å²) in [7, 11) is 0. The van der Waals surface area contributed by atoms with Crippen LogP contribution >= 0.6 is 15.9 Å². The Kier molecular flexibility index (Phi) is 4.01. The van der Waals surface area contributed by atoms with Gasteiger partial charge >= 0.3 is 0 Å². The van der Waals surface area contributed by atoms with Gasteiger partial charge in [0.25, 0.3) is 0 Å². The summed E-state index contributed by atoms with van der Waals surface area (Å²) in [5, 5.41) is 1.14. The molecule has 24 heavy (non-hydrogen) atoms. The zero-order chi connectivity index (χ0) is 16.4. The predicted octanol–water partition coefficient (Wildman–Crippen LogP) is 6.43. The van der Waals surface area contributed by atoms with E-state index in [-0.39, 0.29) is 0 Å². The Labute approximate surface area is 148 Å². The van der Waals surface area contributed by atoms with Gasteiger partial charge in [-0.1, -0.05) is 58.4 Å². The minimum absolute atomic E-state index is 0.802. The van der Waals surface area contributed by atoms with E-state index in [9.17, 15) is 0 Å². The van der Waals surface area contributed by atoms with Crippen LogP contribution in [-0.2, 0) is 0 Å². The molecule has 0 aliphatic rings. The highest BCUT2D eigenvalue weighted by Gasteiger charge is 2.06. The molecule has 4 aromatic rings. The van der Waals surface area contributed by atoms with Crippen molar-refractivity contribution in [2.24, 2.45) is 0 Å². The van der Waals surface area contributed by atoms with E-state index in [0.29, 0.717) is 0 Å². The number of fused-ring (bicyclic) bond motifs is 1. The lowest BCUT2D eigenvalue weighted by Crippen LogP contribution is -1.82. The lowest BCUT2D eigenvalue weighted by Gasteiger charge is -1.99. The quantitative estimate of drug-likeness (QED) is 0.412. The number of hydrogen-bond acceptors (Lipinski definition) is 2. The normalized spacial score (nSPS) is 11.4. The number of para-hydroxylation sites is 1. The molecule has 0 spiro atoms. The Hall–Kier alpha value is -2.65. The van der Waals surface area contributed by atoms with Crippen molar-refractivity contribution in [3.8, 4) is 11.3 Å². The Morgan fingerprint density at radius 1 is 0.792 bits per heavy atom. The molecule has 2 aromatic carbocycles. The molecule has 2 heterocycles. The second kappa shape index (κ2) is 6.46. The Balaban J connectivity index is 1.61. The smallest absolute Gasteiger partial charge is 0.135 e. The van der Waals surface area contributed by atoms with Crippen LogP contribution < -0.4 is 0 Å². The van der Waals surface area contributed by atoms with Gasteiger partial charge in [0.2, 0.25) is 0 Å². The van der Waals surface area contributed by atoms with Crippen molar-refractivity contribution >= 4 is 39.0 Å². The molecule has 0 bridgehead atoms. The molecule has 0 aliphatic heterocycles. The van der Waals surface area contributed by atoms with E-state index in [1.165, 1.54) is 0 Å². The number of halogens is 1. The SMILES string of the molecule is Brc1ccccc1-c1ccc(/C=C/c2ccc3ccccc3n2)o1. The van der Waals surface area contributed by atoms with Gasteiger partial charge in [0.05, 0.1) is 11.2 Å². The average Bonchev–Trinajstić information content (AvgIpc) is 3.09. The maximum Gasteiger partial charge on any atom is 0.135 e. The van der Waals surface area contributed by atoms with E-state index in [1.807, 2.05) is 72.8 Å². The molecule has 0 fully saturated rings. The molecule has 0 atom stereocenters. The van der Waals surface area contributed by atoms with E-state index in [1.54, 1.807) is 0 Å². The summed E-state index contributed by atoms with van der Waals surface area (Å²) in [6.07, 6.45) is 3.91. The summed E-state index contributed by atoms with van der Waals surface area (Å²) < 4.78 is 6.93. The highest BCUT2D eigenvalue weighted by molar-refractivity contribution is 9.10. The van der Waals surface area contributed by atoms with Gasteiger partial charge < -0.3 is 4.42 Å². The van der Waals surface area contributed by atoms with Crippen molar-refractivity contribution in [2.45, 2.75) is 0 Å². The molecule has 2 aromatic heterocycles. The molecule has 4 rings (SSSR count). The standard InChI is InChI=1S/C21H14BrNO/c22-19-7-3-2-6-18(19)21-14-13-17(24-21)12-11-16-10-9-15-5-1-4-8-20(15)23-16/h1-14H/b12-11+. The zero-order valence-electron chi connectivity index (χ0n) is 12.8. The second-order valence-corrected chi connectivity index (χ2v) is 6.30. The maximum absolute atomic E-state index is 5.92. The van der Waals surface area contributed by atoms with E-state index in [4.69, 9.17) is 4.42 Å². The largest absolute Gasteiger partial charge is 0.457 e. The third-order valence-electron chi connectivity index (χ3n) is 3.80. The van der Waals surface area contributed by atoms with E-state index in [2.05, 4.69) is 33.0 Å². The highest BCUT2D eigenvalue weighted by Crippen LogP contribution is 2.29. The number of nitrogens with zero attached hydrogens (tertiary/aromatic N) is 1. The fourth-order valence-electron chi connectivity index (χ4n) is 2.59. The van der Waals surface area contributed by atoms with Gasteiger partial charge in [-0.3, -0.25) is 0 Å². The van der Waals surface area contributed by atoms with Crippen LogP contribution in [0.3, 0.4) is 0 Å². The van der Waals surface area contributed by atoms with E-state index >= 15 is 0 Å². The van der Waals surface area contributed by atoms with Crippen LogP contribution in [-0.4, -0.2) is 4.98 Å². The molecular weight excluding hydrogens is 362 g/mol. The number of rotatable bonds is 3. The zero-order valence-corrected chi connectivity index (χ0v) is 14.4. The number of benzene rings is 2. The third-order valence-corrected chi connectivity index (χ3v) is 4.50. The van der Waals surface area contributed by atoms with Crippen molar-refractivity contribution in [1.82, 2.24) is 4.98 Å². The van der Waals surface area contributed by atoms with Gasteiger partial charge in [0.15, 0.2) is 0 Å². The first-order valence-electron chi connectivity index (χ1n) is 7.68. The van der Waals surface area contributed by atoms with Crippen LogP contribution in [0.1, 0.15) is 11.5 Å². The summed E-state index contributed by atoms with van der Waals surface area (Å²) in [6.45, 7) is 0. The summed E-state index contributed by atoms with van der Waals surface area (Å²) in [4.78, 5) is 4.63. The lowest BCUT2D eigenvalue weighted by molar-refractivity contribution is 0.572. The minimum Gasteiger partial charge on any atom is -0.457 e. The predicted molar refractivity (Wildman–Crippen MR) is 103 cm³/mol. The Bertz CT molecular complexity index is 1030. The molecule has 0 radical (unpaired) electrons. The Morgan fingerprint density at radius 3 is 2.54 bits per heavy atom. The van der Waals surface area contributed by atoms with Crippen LogP contribution in [0.15, 0.2) is 81.7 Å². The van der Waals surface area contributed by atoms with Crippen molar-refractivity contribution < 1.29 is 4.42 Å². The molecule has 0 saturated heterocycles. The first-order valence-corrected chi connectivity index (χ1v) is 8.47. The summed E-state index contributed by atoms with van der Waals surface area (Å²) >= 11 is 3.55. The number of furan rings is 1. The molecule has 0 aliphatic carbocycles. The number of hydrogen-bond donors (Lipinski definition) is 0. The summed E-state index contributed by atoms with van der Waals surface area (Å²) in [5.74, 6) is 1.64. The molecule has 3 heteroatoms. The second-order valence-electron chi connectivity index (χ2n) is 5.44. The maximum atomic E-state index is 5.92. The van der Waals surface area contributed by atoms with Crippen LogP contribution in [0.25, 0.3) is 34.4 Å².